The summed E-state index contributed by atoms with van der Waals surface area (Å²) >= 11 is 0. The van der Waals surface area contributed by atoms with Gasteiger partial charge in [0.15, 0.2) is 0 Å². The van der Waals surface area contributed by atoms with Gasteiger partial charge in [0, 0.05) is 18.7 Å². The number of allylic oxidation sites excluding steroid dienone is 1. The van der Waals surface area contributed by atoms with Crippen molar-refractivity contribution in [1.82, 2.24) is 9.97 Å². The zero-order chi connectivity index (χ0) is 11.5. The van der Waals surface area contributed by atoms with Gasteiger partial charge in [0.1, 0.15) is 0 Å². The molecular formula is C12H17N3O. The van der Waals surface area contributed by atoms with Crippen molar-refractivity contribution in [2.24, 2.45) is 0 Å². The highest BCUT2D eigenvalue weighted by Crippen LogP contribution is 2.15. The Kier molecular flexibility index (Phi) is 3.08. The molecule has 4 heteroatoms. The number of hydrogen-bond acceptors (Lipinski definition) is 3. The highest BCUT2D eigenvalue weighted by molar-refractivity contribution is 5.34. The molecule has 0 spiro atoms. The molecule has 2 rings (SSSR count). The van der Waals surface area contributed by atoms with Gasteiger partial charge in [-0.2, -0.15) is 0 Å². The lowest BCUT2D eigenvalue weighted by molar-refractivity contribution is 0.866. The molecule has 1 aliphatic rings. The van der Waals surface area contributed by atoms with E-state index >= 15 is 0 Å². The topological polar surface area (TPSA) is 49.0 Å². The maximum Gasteiger partial charge on any atom is 0.256 e. The third-order valence-electron chi connectivity index (χ3n) is 2.96. The summed E-state index contributed by atoms with van der Waals surface area (Å²) in [6, 6.07) is 0. The number of aryl methyl sites for hydroxylation is 1. The number of aromatic nitrogens is 2. The van der Waals surface area contributed by atoms with E-state index in [0.717, 1.165) is 24.3 Å². The summed E-state index contributed by atoms with van der Waals surface area (Å²) in [7, 11) is 0. The lowest BCUT2D eigenvalue weighted by Crippen LogP contribution is -2.26. The zero-order valence-electron chi connectivity index (χ0n) is 9.62. The molecule has 1 aliphatic heterocycles. The van der Waals surface area contributed by atoms with E-state index in [1.807, 2.05) is 6.92 Å². The molecule has 1 saturated heterocycles. The molecule has 0 saturated carbocycles. The SMILES string of the molecule is C=CCc1c(C)nc(N2CCCC2)[nH]c1=O. The minimum atomic E-state index is -0.0331. The molecule has 1 N–H and O–H groups in total. The van der Waals surface area contributed by atoms with Crippen LogP contribution in [0.25, 0.3) is 0 Å². The Balaban J connectivity index is 2.36. The van der Waals surface area contributed by atoms with E-state index in [1.165, 1.54) is 12.8 Å². The summed E-state index contributed by atoms with van der Waals surface area (Å²) in [5, 5.41) is 0. The predicted octanol–water partition coefficient (Wildman–Crippen LogP) is 1.41. The summed E-state index contributed by atoms with van der Waals surface area (Å²) < 4.78 is 0. The van der Waals surface area contributed by atoms with E-state index in [0.29, 0.717) is 12.4 Å². The first kappa shape index (κ1) is 10.9. The van der Waals surface area contributed by atoms with E-state index in [2.05, 4.69) is 21.4 Å². The van der Waals surface area contributed by atoms with Crippen LogP contribution in [0.15, 0.2) is 17.4 Å². The van der Waals surface area contributed by atoms with Crippen LogP contribution < -0.4 is 10.5 Å². The second kappa shape index (κ2) is 4.51. The lowest BCUT2D eigenvalue weighted by atomic mass is 10.2. The van der Waals surface area contributed by atoms with Crippen molar-refractivity contribution in [3.8, 4) is 0 Å². The third-order valence-corrected chi connectivity index (χ3v) is 2.96. The van der Waals surface area contributed by atoms with Crippen LogP contribution in [0.3, 0.4) is 0 Å². The van der Waals surface area contributed by atoms with Crippen LogP contribution in [-0.2, 0) is 6.42 Å². The number of anilines is 1. The summed E-state index contributed by atoms with van der Waals surface area (Å²) in [4.78, 5) is 21.3. The van der Waals surface area contributed by atoms with Crippen LogP contribution in [0.2, 0.25) is 0 Å². The number of H-pyrrole nitrogens is 1. The van der Waals surface area contributed by atoms with Crippen LogP contribution >= 0.6 is 0 Å². The van der Waals surface area contributed by atoms with Crippen LogP contribution in [0.1, 0.15) is 24.1 Å². The molecule has 2 heterocycles. The minimum Gasteiger partial charge on any atom is -0.342 e. The molecular weight excluding hydrogens is 202 g/mol. The summed E-state index contributed by atoms with van der Waals surface area (Å²) in [6.45, 7) is 7.51. The largest absolute Gasteiger partial charge is 0.342 e. The molecule has 0 radical (unpaired) electrons. The van der Waals surface area contributed by atoms with Crippen LogP contribution in [0, 0.1) is 6.92 Å². The molecule has 0 unspecified atom stereocenters. The van der Waals surface area contributed by atoms with Crippen molar-refractivity contribution in [2.75, 3.05) is 18.0 Å². The monoisotopic (exact) mass is 219 g/mol. The highest BCUT2D eigenvalue weighted by Gasteiger charge is 2.16. The summed E-state index contributed by atoms with van der Waals surface area (Å²) in [5.74, 6) is 0.716. The molecule has 1 aromatic heterocycles. The van der Waals surface area contributed by atoms with Gasteiger partial charge in [0.25, 0.3) is 5.56 Å². The number of aromatic amines is 1. The minimum absolute atomic E-state index is 0.0331. The average Bonchev–Trinajstić information content (AvgIpc) is 2.76. The van der Waals surface area contributed by atoms with Gasteiger partial charge in [-0.15, -0.1) is 6.58 Å². The molecule has 1 aromatic rings. The maximum atomic E-state index is 11.8. The summed E-state index contributed by atoms with van der Waals surface area (Å²) in [5.41, 5.74) is 1.50. The molecule has 0 aromatic carbocycles. The highest BCUT2D eigenvalue weighted by atomic mass is 16.1. The first-order valence-electron chi connectivity index (χ1n) is 5.68. The van der Waals surface area contributed by atoms with Gasteiger partial charge in [-0.25, -0.2) is 4.98 Å². The Morgan fingerprint density at radius 3 is 2.75 bits per heavy atom. The van der Waals surface area contributed by atoms with Crippen molar-refractivity contribution in [2.45, 2.75) is 26.2 Å². The van der Waals surface area contributed by atoms with Gasteiger partial charge in [-0.05, 0) is 26.2 Å². The fourth-order valence-electron chi connectivity index (χ4n) is 2.06. The van der Waals surface area contributed by atoms with Crippen molar-refractivity contribution in [1.29, 1.82) is 0 Å². The molecule has 4 nitrogen and oxygen atoms in total. The van der Waals surface area contributed by atoms with E-state index < -0.39 is 0 Å². The number of rotatable bonds is 3. The maximum absolute atomic E-state index is 11.8. The summed E-state index contributed by atoms with van der Waals surface area (Å²) in [6.07, 6.45) is 4.66. The van der Waals surface area contributed by atoms with Crippen molar-refractivity contribution >= 4 is 5.95 Å². The Bertz CT molecular complexity index is 444. The van der Waals surface area contributed by atoms with Gasteiger partial charge in [0.2, 0.25) is 5.95 Å². The second-order valence-electron chi connectivity index (χ2n) is 4.14. The Morgan fingerprint density at radius 1 is 1.50 bits per heavy atom. The van der Waals surface area contributed by atoms with Crippen molar-refractivity contribution in [3.05, 3.63) is 34.3 Å². The van der Waals surface area contributed by atoms with Crippen LogP contribution in [0.5, 0.6) is 0 Å². The van der Waals surface area contributed by atoms with Crippen molar-refractivity contribution in [3.63, 3.8) is 0 Å². The molecule has 0 atom stereocenters. The normalized spacial score (nSPS) is 15.4. The number of nitrogens with zero attached hydrogens (tertiary/aromatic N) is 2. The molecule has 0 amide bonds. The van der Waals surface area contributed by atoms with Gasteiger partial charge >= 0.3 is 0 Å². The third kappa shape index (κ3) is 2.01. The zero-order valence-corrected chi connectivity index (χ0v) is 9.62. The van der Waals surface area contributed by atoms with E-state index in [-0.39, 0.29) is 5.56 Å². The first-order valence-corrected chi connectivity index (χ1v) is 5.68. The first-order chi connectivity index (χ1) is 7.72. The quantitative estimate of drug-likeness (QED) is 0.782. The number of hydrogen-bond donors (Lipinski definition) is 1. The predicted molar refractivity (Wildman–Crippen MR) is 64.9 cm³/mol. The molecule has 0 aliphatic carbocycles. The standard InChI is InChI=1S/C12H17N3O/c1-3-6-10-9(2)13-12(14-11(10)16)15-7-4-5-8-15/h3H,1,4-8H2,2H3,(H,13,14,16). The van der Waals surface area contributed by atoms with Gasteiger partial charge in [-0.1, -0.05) is 6.08 Å². The average molecular weight is 219 g/mol. The molecule has 0 bridgehead atoms. The van der Waals surface area contributed by atoms with Gasteiger partial charge < -0.3 is 4.90 Å². The van der Waals surface area contributed by atoms with Crippen molar-refractivity contribution < 1.29 is 0 Å². The van der Waals surface area contributed by atoms with E-state index in [4.69, 9.17) is 0 Å². The Labute approximate surface area is 95.0 Å². The fourth-order valence-corrected chi connectivity index (χ4v) is 2.06. The number of nitrogens with one attached hydrogen (secondary N) is 1. The van der Waals surface area contributed by atoms with E-state index in [9.17, 15) is 4.79 Å². The Morgan fingerprint density at radius 2 is 2.19 bits per heavy atom. The second-order valence-corrected chi connectivity index (χ2v) is 4.14. The lowest BCUT2D eigenvalue weighted by Gasteiger charge is -2.16. The molecule has 16 heavy (non-hydrogen) atoms. The Hall–Kier alpha value is -1.58. The van der Waals surface area contributed by atoms with E-state index in [1.54, 1.807) is 6.08 Å². The van der Waals surface area contributed by atoms with Crippen LogP contribution in [-0.4, -0.2) is 23.1 Å². The van der Waals surface area contributed by atoms with Crippen LogP contribution in [0.4, 0.5) is 5.95 Å². The van der Waals surface area contributed by atoms with Gasteiger partial charge in [-0.3, -0.25) is 9.78 Å². The molecule has 1 fully saturated rings. The van der Waals surface area contributed by atoms with Gasteiger partial charge in [0.05, 0.1) is 5.69 Å². The smallest absolute Gasteiger partial charge is 0.256 e. The fraction of sp³-hybridized carbons (Fsp3) is 0.500. The molecule has 86 valence electrons.